The lowest BCUT2D eigenvalue weighted by molar-refractivity contribution is -0.247. The fourth-order valence-electron chi connectivity index (χ4n) is 5.75. The summed E-state index contributed by atoms with van der Waals surface area (Å²) in [6.45, 7) is 0.560. The van der Waals surface area contributed by atoms with E-state index in [1.165, 1.54) is 25.3 Å². The van der Waals surface area contributed by atoms with Crippen LogP contribution >= 0.6 is 12.4 Å². The van der Waals surface area contributed by atoms with Crippen LogP contribution in [-0.2, 0) is 20.7 Å². The fourth-order valence-corrected chi connectivity index (χ4v) is 5.75. The van der Waals surface area contributed by atoms with E-state index in [1.54, 1.807) is 6.92 Å². The predicted molar refractivity (Wildman–Crippen MR) is 139 cm³/mol. The van der Waals surface area contributed by atoms with Gasteiger partial charge in [-0.05, 0) is 13.0 Å². The Labute approximate surface area is 234 Å². The van der Waals surface area contributed by atoms with Gasteiger partial charge in [0.25, 0.3) is 0 Å². The second-order valence-corrected chi connectivity index (χ2v) is 10.2. The number of carbonyl (C=O) groups excluding carboxylic acids is 3. The molecule has 40 heavy (non-hydrogen) atoms. The molecule has 7 N–H and O–H groups in total. The summed E-state index contributed by atoms with van der Waals surface area (Å²) in [7, 11) is 1.32. The van der Waals surface area contributed by atoms with Gasteiger partial charge in [-0.15, -0.1) is 12.4 Å². The van der Waals surface area contributed by atoms with E-state index in [0.29, 0.717) is 0 Å². The minimum absolute atomic E-state index is 0. The summed E-state index contributed by atoms with van der Waals surface area (Å²) in [5.41, 5.74) is 2.37. The van der Waals surface area contributed by atoms with Crippen molar-refractivity contribution in [3.63, 3.8) is 0 Å². The van der Waals surface area contributed by atoms with Gasteiger partial charge in [0.05, 0.1) is 42.1 Å². The summed E-state index contributed by atoms with van der Waals surface area (Å²) in [5, 5.41) is 53.7. The Hall–Kier alpha value is -3.10. The maximum Gasteiger partial charge on any atom is 0.202 e. The monoisotopic (exact) mass is 579 g/mol. The number of aliphatic hydroxyl groups excluding tert-OH is 2. The first-order valence-electron chi connectivity index (χ1n) is 12.4. The number of hydrogen-bond donors (Lipinski definition) is 6. The van der Waals surface area contributed by atoms with Crippen LogP contribution in [-0.4, -0.2) is 86.7 Å². The number of rotatable bonds is 5. The van der Waals surface area contributed by atoms with Crippen molar-refractivity contribution in [2.24, 2.45) is 5.73 Å². The molecule has 0 amide bonds. The van der Waals surface area contributed by atoms with Gasteiger partial charge in [-0.2, -0.15) is 0 Å². The number of hydrogen-bond acceptors (Lipinski definition) is 12. The molecule has 1 fully saturated rings. The maximum absolute atomic E-state index is 13.6. The summed E-state index contributed by atoms with van der Waals surface area (Å²) in [5.74, 6) is -3.77. The summed E-state index contributed by atoms with van der Waals surface area (Å²) in [6.07, 6.45) is -5.12. The third-order valence-electron chi connectivity index (χ3n) is 7.81. The highest BCUT2D eigenvalue weighted by atomic mass is 35.5. The van der Waals surface area contributed by atoms with Gasteiger partial charge in [0, 0.05) is 42.0 Å². The second-order valence-electron chi connectivity index (χ2n) is 10.2. The second kappa shape index (κ2) is 10.7. The van der Waals surface area contributed by atoms with Gasteiger partial charge in [0.1, 0.15) is 29.5 Å². The first-order valence-corrected chi connectivity index (χ1v) is 12.4. The average Bonchev–Trinajstić information content (AvgIpc) is 2.90. The molecule has 13 heteroatoms. The number of aliphatic hydroxyl groups is 3. The maximum atomic E-state index is 13.6. The zero-order chi connectivity index (χ0) is 28.4. The highest BCUT2D eigenvalue weighted by molar-refractivity contribution is 6.31. The zero-order valence-electron chi connectivity index (χ0n) is 21.6. The van der Waals surface area contributed by atoms with Crippen LogP contribution in [0.5, 0.6) is 17.2 Å². The van der Waals surface area contributed by atoms with Crippen molar-refractivity contribution < 1.29 is 54.1 Å². The fraction of sp³-hybridized carbons (Fsp3) is 0.444. The van der Waals surface area contributed by atoms with Crippen LogP contribution in [0.25, 0.3) is 0 Å². The molecule has 1 saturated heterocycles. The summed E-state index contributed by atoms with van der Waals surface area (Å²) < 4.78 is 17.0. The van der Waals surface area contributed by atoms with E-state index < -0.39 is 95.7 Å². The Kier molecular flexibility index (Phi) is 8.00. The number of carbonyl (C=O) groups is 3. The number of halogens is 1. The first kappa shape index (κ1) is 29.9. The summed E-state index contributed by atoms with van der Waals surface area (Å²) >= 11 is 0. The molecule has 6 atom stereocenters. The van der Waals surface area contributed by atoms with Gasteiger partial charge >= 0.3 is 0 Å². The Bertz CT molecular complexity index is 1380. The van der Waals surface area contributed by atoms with E-state index in [2.05, 4.69) is 0 Å². The van der Waals surface area contributed by atoms with E-state index in [9.17, 15) is 39.9 Å². The number of ketones is 3. The quantitative estimate of drug-likeness (QED) is 0.227. The molecule has 1 heterocycles. The predicted octanol–water partition coefficient (Wildman–Crippen LogP) is 0.423. The number of ether oxygens (including phenoxy) is 3. The standard InChI is InChI=1S/C27H29NO11.ClH/c1-10-22(31)13(28)6-17(38-10)39-15-8-27(36,16(30)9-29)7-12-19(15)26(35)21-20(24(12)33)23(32)11-4-3-5-14(37-2)18(11)25(21)34;/h3-5,10,13,15,17,22,29,31,33,35-36H,6-9,28H2,1-2H3;1H/t10?,13?,15?,17?,22?,27-;/m0./s1. The topological polar surface area (TPSA) is 206 Å². The Morgan fingerprint density at radius 1 is 1.15 bits per heavy atom. The molecule has 0 bridgehead atoms. The van der Waals surface area contributed by atoms with E-state index in [1.807, 2.05) is 0 Å². The molecule has 2 aromatic rings. The van der Waals surface area contributed by atoms with Crippen molar-refractivity contribution in [2.75, 3.05) is 13.7 Å². The van der Waals surface area contributed by atoms with Crippen molar-refractivity contribution >= 4 is 29.8 Å². The highest BCUT2D eigenvalue weighted by Crippen LogP contribution is 2.52. The number of fused-ring (bicyclic) bond motifs is 3. The molecule has 1 aliphatic heterocycles. The van der Waals surface area contributed by atoms with Crippen molar-refractivity contribution in [1.29, 1.82) is 0 Å². The lowest BCUT2D eigenvalue weighted by atomic mass is 9.72. The lowest BCUT2D eigenvalue weighted by Crippen LogP contribution is -2.53. The van der Waals surface area contributed by atoms with Gasteiger partial charge in [-0.25, -0.2) is 0 Å². The molecule has 2 aromatic carbocycles. The molecule has 0 spiro atoms. The molecule has 2 aliphatic carbocycles. The SMILES string of the molecule is COc1cccc2c1C(=O)c1c(O)c3c(c(O)c1C2=O)C[C@@](O)(C(=O)CO)CC3OC1CC(N)C(O)C(C)O1.Cl. The number of aromatic hydroxyl groups is 2. The van der Waals surface area contributed by atoms with Crippen LogP contribution < -0.4 is 10.5 Å². The number of Topliss-reactive ketones (excluding diaryl/α,β-unsaturated/α-hetero) is 1. The average molecular weight is 580 g/mol. The normalized spacial score (nSPS) is 29.1. The van der Waals surface area contributed by atoms with Crippen LogP contribution in [0.3, 0.4) is 0 Å². The van der Waals surface area contributed by atoms with Crippen LogP contribution in [0.1, 0.15) is 68.8 Å². The van der Waals surface area contributed by atoms with Crippen LogP contribution in [0.2, 0.25) is 0 Å². The van der Waals surface area contributed by atoms with Crippen molar-refractivity contribution in [2.45, 2.75) is 62.4 Å². The first-order chi connectivity index (χ1) is 18.4. The molecule has 0 radical (unpaired) electrons. The number of phenols is 2. The van der Waals surface area contributed by atoms with Gasteiger partial charge in [0.15, 0.2) is 17.9 Å². The largest absolute Gasteiger partial charge is 0.507 e. The summed E-state index contributed by atoms with van der Waals surface area (Å²) in [4.78, 5) is 39.7. The smallest absolute Gasteiger partial charge is 0.202 e. The van der Waals surface area contributed by atoms with Crippen LogP contribution in [0, 0.1) is 0 Å². The number of phenolic OH excluding ortho intramolecular Hbond substituents is 2. The van der Waals surface area contributed by atoms with Gasteiger partial charge in [0.2, 0.25) is 5.78 Å². The minimum atomic E-state index is -2.24. The van der Waals surface area contributed by atoms with Gasteiger partial charge in [-0.3, -0.25) is 14.4 Å². The summed E-state index contributed by atoms with van der Waals surface area (Å²) in [6, 6.07) is 3.64. The zero-order valence-corrected chi connectivity index (χ0v) is 22.4. The van der Waals surface area contributed by atoms with E-state index in [4.69, 9.17) is 19.9 Å². The van der Waals surface area contributed by atoms with E-state index >= 15 is 0 Å². The third-order valence-corrected chi connectivity index (χ3v) is 7.81. The molecular weight excluding hydrogens is 550 g/mol. The number of nitrogens with two attached hydrogens (primary N) is 1. The van der Waals surface area contributed by atoms with Crippen LogP contribution in [0.15, 0.2) is 18.2 Å². The molecule has 3 aliphatic rings. The minimum Gasteiger partial charge on any atom is -0.507 e. The number of benzene rings is 2. The molecule has 5 unspecified atom stereocenters. The van der Waals surface area contributed by atoms with Crippen molar-refractivity contribution in [1.82, 2.24) is 0 Å². The van der Waals surface area contributed by atoms with Gasteiger partial charge < -0.3 is 45.5 Å². The van der Waals surface area contributed by atoms with Crippen LogP contribution in [0.4, 0.5) is 0 Å². The van der Waals surface area contributed by atoms with Crippen molar-refractivity contribution in [3.8, 4) is 17.2 Å². The number of methoxy groups -OCH3 is 1. The lowest BCUT2D eigenvalue weighted by Gasteiger charge is -2.42. The Morgan fingerprint density at radius 3 is 2.45 bits per heavy atom. The van der Waals surface area contributed by atoms with Crippen molar-refractivity contribution in [3.05, 3.63) is 51.6 Å². The third kappa shape index (κ3) is 4.45. The molecule has 0 aromatic heterocycles. The molecule has 0 saturated carbocycles. The molecule has 5 rings (SSSR count). The molecule has 12 nitrogen and oxygen atoms in total. The molecule has 216 valence electrons. The molecular formula is C27H30ClNO11. The van der Waals surface area contributed by atoms with E-state index in [0.717, 1.165) is 0 Å². The van der Waals surface area contributed by atoms with Gasteiger partial charge in [-0.1, -0.05) is 12.1 Å². The Balaban J connectivity index is 0.00000370. The van der Waals surface area contributed by atoms with E-state index in [-0.39, 0.29) is 46.8 Å². The highest BCUT2D eigenvalue weighted by Gasteiger charge is 2.50. The Morgan fingerprint density at radius 2 is 1.82 bits per heavy atom.